The predicted octanol–water partition coefficient (Wildman–Crippen LogP) is 6.48. The fourth-order valence-corrected chi connectivity index (χ4v) is 8.78. The van der Waals surface area contributed by atoms with Crippen molar-refractivity contribution in [2.45, 2.75) is 125 Å². The minimum Gasteiger partial charge on any atom is -0.396 e. The maximum atomic E-state index is 14.2. The van der Waals surface area contributed by atoms with Crippen LogP contribution in [0, 0.1) is 5.92 Å². The second-order valence-corrected chi connectivity index (χ2v) is 12.9. The number of unbranched alkanes of at least 4 members (excludes halogenated alkanes) is 11. The molecule has 200 valence electrons. The van der Waals surface area contributed by atoms with E-state index in [1.54, 1.807) is 12.1 Å². The van der Waals surface area contributed by atoms with Crippen LogP contribution in [0.1, 0.15) is 103 Å². The molecule has 1 N–H and O–H groups in total. The molecule has 2 aliphatic rings. The van der Waals surface area contributed by atoms with Gasteiger partial charge in [0.1, 0.15) is 10.9 Å². The predicted molar refractivity (Wildman–Crippen MR) is 141 cm³/mol. The van der Waals surface area contributed by atoms with Gasteiger partial charge >= 0.3 is 0 Å². The molecule has 2 fully saturated rings. The topological polar surface area (TPSA) is 72.8 Å². The van der Waals surface area contributed by atoms with Gasteiger partial charge in [-0.05, 0) is 43.7 Å². The maximum absolute atomic E-state index is 14.2. The summed E-state index contributed by atoms with van der Waals surface area (Å²) in [5, 5.41) is 8.83. The Bertz CT molecular complexity index is 812. The minimum atomic E-state index is -3.58. The number of benzene rings is 1. The number of rotatable bonds is 16. The van der Waals surface area contributed by atoms with Crippen LogP contribution in [0.5, 0.6) is 0 Å². The molecule has 1 saturated carbocycles. The summed E-state index contributed by atoms with van der Waals surface area (Å²) >= 11 is 0. The van der Waals surface area contributed by atoms with E-state index in [1.807, 2.05) is 18.2 Å². The second-order valence-electron chi connectivity index (χ2n) is 10.7. The molecule has 0 aromatic heterocycles. The zero-order valence-corrected chi connectivity index (χ0v) is 22.7. The van der Waals surface area contributed by atoms with E-state index in [2.05, 4.69) is 6.92 Å². The normalized spacial score (nSPS) is 27.0. The van der Waals surface area contributed by atoms with Crippen LogP contribution < -0.4 is 0 Å². The molecular weight excluding hydrogens is 460 g/mol. The van der Waals surface area contributed by atoms with E-state index in [4.69, 9.17) is 14.6 Å². The number of hydrogen-bond acceptors (Lipinski definition) is 5. The SMILES string of the molecule is CC1CCC2OCCOC2C1(CCCCCCCCCCCCCCO)S(=O)(=O)c1ccccc1. The van der Waals surface area contributed by atoms with Gasteiger partial charge < -0.3 is 14.6 Å². The van der Waals surface area contributed by atoms with Crippen LogP contribution >= 0.6 is 0 Å². The molecule has 1 aliphatic heterocycles. The van der Waals surface area contributed by atoms with Gasteiger partial charge in [0, 0.05) is 6.61 Å². The van der Waals surface area contributed by atoms with Crippen molar-refractivity contribution in [1.29, 1.82) is 0 Å². The first kappa shape index (κ1) is 28.6. The molecule has 1 aromatic rings. The highest BCUT2D eigenvalue weighted by Crippen LogP contribution is 2.49. The van der Waals surface area contributed by atoms with Gasteiger partial charge in [0.2, 0.25) is 0 Å². The van der Waals surface area contributed by atoms with Crippen molar-refractivity contribution in [2.75, 3.05) is 19.8 Å². The molecule has 0 radical (unpaired) electrons. The molecule has 0 spiro atoms. The highest BCUT2D eigenvalue weighted by molar-refractivity contribution is 7.93. The van der Waals surface area contributed by atoms with Crippen LogP contribution in [-0.4, -0.2) is 50.3 Å². The molecule has 1 aliphatic carbocycles. The average molecular weight is 509 g/mol. The molecule has 0 amide bonds. The summed E-state index contributed by atoms with van der Waals surface area (Å²) in [6.07, 6.45) is 16.0. The van der Waals surface area contributed by atoms with E-state index in [0.29, 0.717) is 31.1 Å². The zero-order chi connectivity index (χ0) is 25.0. The van der Waals surface area contributed by atoms with Crippen LogP contribution in [0.2, 0.25) is 0 Å². The van der Waals surface area contributed by atoms with Crippen molar-refractivity contribution in [3.05, 3.63) is 30.3 Å². The third kappa shape index (κ3) is 7.30. The summed E-state index contributed by atoms with van der Waals surface area (Å²) < 4.78 is 39.7. The van der Waals surface area contributed by atoms with Crippen LogP contribution in [-0.2, 0) is 19.3 Å². The molecule has 4 unspecified atom stereocenters. The Hall–Kier alpha value is -0.950. The number of fused-ring (bicyclic) bond motifs is 1. The number of ether oxygens (including phenoxy) is 2. The Morgan fingerprint density at radius 2 is 1.34 bits per heavy atom. The number of hydrogen-bond donors (Lipinski definition) is 1. The standard InChI is InChI=1S/C29H48O5S/c1-25-19-20-27-28(34-24-23-33-27)29(25,35(31,32)26-17-13-12-14-18-26)21-15-10-8-6-4-2-3-5-7-9-11-16-22-30/h12-14,17-18,25,27-28,30H,2-11,15-16,19-24H2,1H3. The molecule has 1 saturated heterocycles. The van der Waals surface area contributed by atoms with E-state index in [-0.39, 0.29) is 18.1 Å². The Kier molecular flexibility index (Phi) is 12.0. The molecule has 1 heterocycles. The van der Waals surface area contributed by atoms with E-state index in [9.17, 15) is 8.42 Å². The lowest BCUT2D eigenvalue weighted by molar-refractivity contribution is -0.177. The third-order valence-electron chi connectivity index (χ3n) is 8.28. The van der Waals surface area contributed by atoms with Crippen LogP contribution in [0.25, 0.3) is 0 Å². The van der Waals surface area contributed by atoms with E-state index in [1.165, 1.54) is 44.9 Å². The van der Waals surface area contributed by atoms with E-state index < -0.39 is 14.6 Å². The lowest BCUT2D eigenvalue weighted by atomic mass is 9.73. The van der Waals surface area contributed by atoms with Crippen LogP contribution in [0.3, 0.4) is 0 Å². The molecule has 3 rings (SSSR count). The first-order valence-corrected chi connectivity index (χ1v) is 15.7. The highest BCUT2D eigenvalue weighted by Gasteiger charge is 2.60. The molecular formula is C29H48O5S. The van der Waals surface area contributed by atoms with Crippen LogP contribution in [0.4, 0.5) is 0 Å². The van der Waals surface area contributed by atoms with E-state index >= 15 is 0 Å². The van der Waals surface area contributed by atoms with Crippen molar-refractivity contribution in [1.82, 2.24) is 0 Å². The largest absolute Gasteiger partial charge is 0.396 e. The Morgan fingerprint density at radius 3 is 1.94 bits per heavy atom. The summed E-state index contributed by atoms with van der Waals surface area (Å²) in [6.45, 7) is 3.46. The maximum Gasteiger partial charge on any atom is 0.186 e. The van der Waals surface area contributed by atoms with Gasteiger partial charge in [-0.25, -0.2) is 8.42 Å². The van der Waals surface area contributed by atoms with Crippen molar-refractivity contribution in [2.24, 2.45) is 5.92 Å². The summed E-state index contributed by atoms with van der Waals surface area (Å²) in [7, 11) is -3.58. The molecule has 5 nitrogen and oxygen atoms in total. The Balaban J connectivity index is 1.52. The van der Waals surface area contributed by atoms with Crippen molar-refractivity contribution in [3.63, 3.8) is 0 Å². The van der Waals surface area contributed by atoms with Crippen LogP contribution in [0.15, 0.2) is 35.2 Å². The van der Waals surface area contributed by atoms with Crippen molar-refractivity contribution in [3.8, 4) is 0 Å². The Morgan fingerprint density at radius 1 is 0.800 bits per heavy atom. The smallest absolute Gasteiger partial charge is 0.186 e. The summed E-state index contributed by atoms with van der Waals surface area (Å²) in [5.74, 6) is 0.0352. The van der Waals surface area contributed by atoms with E-state index in [0.717, 1.165) is 44.9 Å². The van der Waals surface area contributed by atoms with Gasteiger partial charge in [-0.1, -0.05) is 95.8 Å². The molecule has 6 heteroatoms. The van der Waals surface area contributed by atoms with Gasteiger partial charge in [-0.15, -0.1) is 0 Å². The Labute approximate surface area is 213 Å². The zero-order valence-electron chi connectivity index (χ0n) is 21.8. The van der Waals surface area contributed by atoms with Gasteiger partial charge in [-0.3, -0.25) is 0 Å². The highest BCUT2D eigenvalue weighted by atomic mass is 32.2. The van der Waals surface area contributed by atoms with Crippen molar-refractivity contribution >= 4 is 9.84 Å². The third-order valence-corrected chi connectivity index (χ3v) is 11.0. The van der Waals surface area contributed by atoms with Gasteiger partial charge in [-0.2, -0.15) is 0 Å². The lowest BCUT2D eigenvalue weighted by Crippen LogP contribution is -2.64. The lowest BCUT2D eigenvalue weighted by Gasteiger charge is -2.52. The number of aliphatic hydroxyl groups is 1. The number of aliphatic hydroxyl groups excluding tert-OH is 1. The van der Waals surface area contributed by atoms with Crippen molar-refractivity contribution < 1.29 is 23.0 Å². The fraction of sp³-hybridized carbons (Fsp3) is 0.793. The molecule has 35 heavy (non-hydrogen) atoms. The van der Waals surface area contributed by atoms with Gasteiger partial charge in [0.05, 0.1) is 24.2 Å². The monoisotopic (exact) mass is 508 g/mol. The fourth-order valence-electron chi connectivity index (χ4n) is 6.24. The second kappa shape index (κ2) is 14.7. The number of sulfone groups is 1. The first-order valence-electron chi connectivity index (χ1n) is 14.2. The first-order chi connectivity index (χ1) is 17.0. The minimum absolute atomic E-state index is 0.0352. The average Bonchev–Trinajstić information content (AvgIpc) is 2.88. The summed E-state index contributed by atoms with van der Waals surface area (Å²) in [5.41, 5.74) is 0. The summed E-state index contributed by atoms with van der Waals surface area (Å²) in [6, 6.07) is 8.99. The van der Waals surface area contributed by atoms with Gasteiger partial charge in [0.15, 0.2) is 9.84 Å². The quantitative estimate of drug-likeness (QED) is 0.259. The molecule has 0 bridgehead atoms. The molecule has 1 aromatic carbocycles. The van der Waals surface area contributed by atoms with Gasteiger partial charge in [0.25, 0.3) is 0 Å². The summed E-state index contributed by atoms with van der Waals surface area (Å²) in [4.78, 5) is 0.415. The molecule has 4 atom stereocenters.